The number of carbonyl (C=O) groups is 1. The number of nitrogen functional groups attached to an aromatic ring is 1. The molecule has 0 spiro atoms. The quantitative estimate of drug-likeness (QED) is 0.713. The van der Waals surface area contributed by atoms with Crippen LogP contribution in [0.4, 0.5) is 5.69 Å². The molecule has 1 aromatic heterocycles. The number of hydrogen-bond acceptors (Lipinski definition) is 2. The third kappa shape index (κ3) is 1.96. The average Bonchev–Trinajstić information content (AvgIpc) is 2.98. The molecule has 0 unspecified atom stereocenters. The van der Waals surface area contributed by atoms with Crippen LogP contribution in [-0.4, -0.2) is 17.0 Å². The van der Waals surface area contributed by atoms with E-state index in [2.05, 4.69) is 11.2 Å². The number of nitrogens with zero attached hydrogens (tertiary/aromatic N) is 1. The fourth-order valence-corrected chi connectivity index (χ4v) is 1.56. The van der Waals surface area contributed by atoms with Gasteiger partial charge in [0.1, 0.15) is 5.69 Å². The Morgan fingerprint density at radius 1 is 1.73 bits per heavy atom. The number of terminal acetylenes is 1. The van der Waals surface area contributed by atoms with Crippen molar-refractivity contribution in [2.24, 2.45) is 0 Å². The lowest BCUT2D eigenvalue weighted by molar-refractivity contribution is 0.0949. The van der Waals surface area contributed by atoms with Gasteiger partial charge in [-0.1, -0.05) is 5.92 Å². The van der Waals surface area contributed by atoms with Gasteiger partial charge in [0, 0.05) is 12.2 Å². The van der Waals surface area contributed by atoms with E-state index in [1.807, 2.05) is 10.8 Å². The van der Waals surface area contributed by atoms with Crippen LogP contribution in [0.25, 0.3) is 0 Å². The highest BCUT2D eigenvalue weighted by atomic mass is 16.1. The van der Waals surface area contributed by atoms with Gasteiger partial charge in [-0.2, -0.15) is 0 Å². The highest BCUT2D eigenvalue weighted by molar-refractivity contribution is 5.94. The molecule has 1 fully saturated rings. The predicted octanol–water partition coefficient (Wildman–Crippen LogP) is 0.768. The molecule has 1 saturated carbocycles. The molecule has 1 heterocycles. The average molecular weight is 203 g/mol. The first-order valence-corrected chi connectivity index (χ1v) is 4.91. The molecule has 0 saturated heterocycles. The van der Waals surface area contributed by atoms with Crippen LogP contribution in [-0.2, 0) is 0 Å². The molecular weight excluding hydrogens is 190 g/mol. The fourth-order valence-electron chi connectivity index (χ4n) is 1.56. The summed E-state index contributed by atoms with van der Waals surface area (Å²) in [7, 11) is 0. The number of nitrogens with two attached hydrogens (primary N) is 1. The lowest BCUT2D eigenvalue weighted by atomic mass is 10.3. The minimum Gasteiger partial charge on any atom is -0.397 e. The number of hydrogen-bond donors (Lipinski definition) is 2. The van der Waals surface area contributed by atoms with Crippen LogP contribution in [0.5, 0.6) is 0 Å². The summed E-state index contributed by atoms with van der Waals surface area (Å²) in [5.41, 5.74) is 6.89. The topological polar surface area (TPSA) is 60.1 Å². The van der Waals surface area contributed by atoms with Gasteiger partial charge in [-0.25, -0.2) is 0 Å². The Bertz CT molecular complexity index is 424. The Balaban J connectivity index is 2.19. The van der Waals surface area contributed by atoms with Gasteiger partial charge in [-0.05, 0) is 18.9 Å². The summed E-state index contributed by atoms with van der Waals surface area (Å²) in [5, 5.41) is 2.63. The Morgan fingerprint density at radius 2 is 2.47 bits per heavy atom. The van der Waals surface area contributed by atoms with E-state index < -0.39 is 0 Å². The van der Waals surface area contributed by atoms with Crippen molar-refractivity contribution in [1.82, 2.24) is 9.88 Å². The van der Waals surface area contributed by atoms with Crippen LogP contribution < -0.4 is 11.1 Å². The Kier molecular flexibility index (Phi) is 2.38. The molecule has 0 radical (unpaired) electrons. The summed E-state index contributed by atoms with van der Waals surface area (Å²) in [4.78, 5) is 11.7. The zero-order valence-electron chi connectivity index (χ0n) is 8.36. The van der Waals surface area contributed by atoms with Gasteiger partial charge in [0.2, 0.25) is 0 Å². The normalized spacial score (nSPS) is 14.6. The van der Waals surface area contributed by atoms with Gasteiger partial charge in [-0.3, -0.25) is 4.79 Å². The van der Waals surface area contributed by atoms with Crippen LogP contribution in [0, 0.1) is 12.3 Å². The molecule has 78 valence electrons. The van der Waals surface area contributed by atoms with E-state index in [0.717, 1.165) is 12.8 Å². The lowest BCUT2D eigenvalue weighted by Crippen LogP contribution is -2.25. The predicted molar refractivity (Wildman–Crippen MR) is 58.3 cm³/mol. The van der Waals surface area contributed by atoms with Gasteiger partial charge in [-0.15, -0.1) is 6.42 Å². The minimum atomic E-state index is -0.156. The van der Waals surface area contributed by atoms with Crippen LogP contribution in [0.3, 0.4) is 0 Å². The van der Waals surface area contributed by atoms with E-state index in [0.29, 0.717) is 17.4 Å². The molecule has 1 amide bonds. The van der Waals surface area contributed by atoms with Crippen molar-refractivity contribution in [3.8, 4) is 12.3 Å². The van der Waals surface area contributed by atoms with Gasteiger partial charge in [0.25, 0.3) is 5.91 Å². The third-order valence-electron chi connectivity index (χ3n) is 2.39. The van der Waals surface area contributed by atoms with Crippen molar-refractivity contribution in [2.75, 3.05) is 12.3 Å². The highest BCUT2D eigenvalue weighted by Crippen LogP contribution is 2.37. The van der Waals surface area contributed by atoms with Crippen molar-refractivity contribution in [3.05, 3.63) is 18.0 Å². The summed E-state index contributed by atoms with van der Waals surface area (Å²) in [6, 6.07) is 2.12. The zero-order chi connectivity index (χ0) is 10.8. The second kappa shape index (κ2) is 3.70. The number of anilines is 1. The molecule has 4 nitrogen and oxygen atoms in total. The summed E-state index contributed by atoms with van der Waals surface area (Å²) in [5.74, 6) is 2.21. The molecule has 1 aliphatic carbocycles. The van der Waals surface area contributed by atoms with Gasteiger partial charge >= 0.3 is 0 Å². The Hall–Kier alpha value is -1.89. The van der Waals surface area contributed by atoms with Crippen molar-refractivity contribution >= 4 is 11.6 Å². The maximum atomic E-state index is 11.7. The van der Waals surface area contributed by atoms with Gasteiger partial charge in [0.15, 0.2) is 0 Å². The van der Waals surface area contributed by atoms with E-state index in [1.165, 1.54) is 0 Å². The lowest BCUT2D eigenvalue weighted by Gasteiger charge is -2.06. The second-order valence-corrected chi connectivity index (χ2v) is 3.68. The summed E-state index contributed by atoms with van der Waals surface area (Å²) < 4.78 is 1.93. The number of aromatic nitrogens is 1. The van der Waals surface area contributed by atoms with E-state index >= 15 is 0 Å². The summed E-state index contributed by atoms with van der Waals surface area (Å²) in [6.07, 6.45) is 9.11. The van der Waals surface area contributed by atoms with E-state index in [4.69, 9.17) is 12.2 Å². The molecule has 15 heavy (non-hydrogen) atoms. The van der Waals surface area contributed by atoms with E-state index in [9.17, 15) is 4.79 Å². The molecule has 0 aromatic carbocycles. The number of amides is 1. The largest absolute Gasteiger partial charge is 0.397 e. The van der Waals surface area contributed by atoms with E-state index in [1.54, 1.807) is 6.07 Å². The molecule has 0 aliphatic heterocycles. The monoisotopic (exact) mass is 203 g/mol. The van der Waals surface area contributed by atoms with Gasteiger partial charge in [0.05, 0.1) is 12.2 Å². The Labute approximate surface area is 88.4 Å². The first-order chi connectivity index (χ1) is 7.22. The first kappa shape index (κ1) is 9.66. The SMILES string of the molecule is C#CCNC(=O)c1cc(N)cn1C1CC1. The minimum absolute atomic E-state index is 0.156. The fraction of sp³-hybridized carbons (Fsp3) is 0.364. The molecule has 1 aliphatic rings. The molecular formula is C11H13N3O. The maximum Gasteiger partial charge on any atom is 0.268 e. The third-order valence-corrected chi connectivity index (χ3v) is 2.39. The van der Waals surface area contributed by atoms with Crippen molar-refractivity contribution in [3.63, 3.8) is 0 Å². The molecule has 0 bridgehead atoms. The van der Waals surface area contributed by atoms with Crippen LogP contribution in [0.15, 0.2) is 12.3 Å². The highest BCUT2D eigenvalue weighted by Gasteiger charge is 2.27. The number of rotatable bonds is 3. The maximum absolute atomic E-state index is 11.7. The Morgan fingerprint density at radius 3 is 3.07 bits per heavy atom. The molecule has 1 aromatic rings. The summed E-state index contributed by atoms with van der Waals surface area (Å²) >= 11 is 0. The standard InChI is InChI=1S/C11H13N3O/c1-2-5-13-11(15)10-6-8(12)7-14(10)9-3-4-9/h1,6-7,9H,3-5,12H2,(H,13,15). The van der Waals surface area contributed by atoms with Gasteiger partial charge < -0.3 is 15.6 Å². The van der Waals surface area contributed by atoms with Crippen molar-refractivity contribution in [2.45, 2.75) is 18.9 Å². The van der Waals surface area contributed by atoms with Crippen LogP contribution in [0.2, 0.25) is 0 Å². The molecule has 3 N–H and O–H groups in total. The zero-order valence-corrected chi connectivity index (χ0v) is 8.36. The smallest absolute Gasteiger partial charge is 0.268 e. The molecule has 2 rings (SSSR count). The van der Waals surface area contributed by atoms with Crippen LogP contribution in [0.1, 0.15) is 29.4 Å². The van der Waals surface area contributed by atoms with E-state index in [-0.39, 0.29) is 12.5 Å². The van der Waals surface area contributed by atoms with Crippen molar-refractivity contribution in [1.29, 1.82) is 0 Å². The molecule has 4 heteroatoms. The number of carbonyl (C=O) groups excluding carboxylic acids is 1. The molecule has 0 atom stereocenters. The summed E-state index contributed by atoms with van der Waals surface area (Å²) in [6.45, 7) is 0.245. The van der Waals surface area contributed by atoms with Crippen LogP contribution >= 0.6 is 0 Å². The second-order valence-electron chi connectivity index (χ2n) is 3.68. The first-order valence-electron chi connectivity index (χ1n) is 4.91. The number of nitrogens with one attached hydrogen (secondary N) is 1. The van der Waals surface area contributed by atoms with Crippen molar-refractivity contribution < 1.29 is 4.79 Å².